The molecule has 0 amide bonds. The summed E-state index contributed by atoms with van der Waals surface area (Å²) in [7, 11) is 0. The lowest BCUT2D eigenvalue weighted by molar-refractivity contribution is -0.119. The number of aromatic carboxylic acids is 1. The number of piperidine rings is 1. The van der Waals surface area contributed by atoms with E-state index in [9.17, 15) is 19.5 Å². The zero-order valence-electron chi connectivity index (χ0n) is 14.4. The number of nitrogens with zero attached hydrogens (tertiary/aromatic N) is 2. The molecule has 0 spiro atoms. The normalized spacial score (nSPS) is 17.8. The average molecular weight is 358 g/mol. The third kappa shape index (κ3) is 2.58. The van der Waals surface area contributed by atoms with Crippen LogP contribution in [-0.2, 0) is 4.79 Å². The van der Waals surface area contributed by atoms with Crippen molar-refractivity contribution in [1.29, 1.82) is 0 Å². The highest BCUT2D eigenvalue weighted by molar-refractivity contribution is 5.95. The molecule has 4 rings (SSSR count). The van der Waals surface area contributed by atoms with E-state index in [1.54, 1.807) is 10.6 Å². The summed E-state index contributed by atoms with van der Waals surface area (Å²) in [5, 5.41) is 9.48. The quantitative estimate of drug-likeness (QED) is 0.912. The number of aryl methyl sites for hydroxylation is 1. The number of rotatable bonds is 3. The molecular formula is C19H19FN2O4. The molecule has 0 unspecified atom stereocenters. The highest BCUT2D eigenvalue weighted by Gasteiger charge is 2.29. The van der Waals surface area contributed by atoms with E-state index in [-0.39, 0.29) is 28.3 Å². The van der Waals surface area contributed by atoms with Crippen LogP contribution in [0.1, 0.15) is 47.6 Å². The summed E-state index contributed by atoms with van der Waals surface area (Å²) in [6, 6.07) is 1.77. The molecule has 1 aromatic heterocycles. The van der Waals surface area contributed by atoms with Crippen molar-refractivity contribution in [2.75, 3.05) is 18.0 Å². The molecule has 2 aromatic rings. The Morgan fingerprint density at radius 2 is 1.88 bits per heavy atom. The maximum absolute atomic E-state index is 15.1. The molecule has 1 aliphatic heterocycles. The second kappa shape index (κ2) is 5.93. The van der Waals surface area contributed by atoms with E-state index in [1.165, 1.54) is 13.1 Å². The summed E-state index contributed by atoms with van der Waals surface area (Å²) < 4.78 is 16.8. The molecule has 2 fully saturated rings. The Morgan fingerprint density at radius 3 is 2.46 bits per heavy atom. The Morgan fingerprint density at radius 1 is 1.23 bits per heavy atom. The fourth-order valence-corrected chi connectivity index (χ4v) is 3.69. The molecule has 6 nitrogen and oxygen atoms in total. The number of carboxylic acids is 1. The summed E-state index contributed by atoms with van der Waals surface area (Å²) in [4.78, 5) is 37.4. The van der Waals surface area contributed by atoms with Gasteiger partial charge in [-0.25, -0.2) is 9.18 Å². The second-order valence-electron chi connectivity index (χ2n) is 7.07. The van der Waals surface area contributed by atoms with Crippen LogP contribution in [0.25, 0.3) is 10.9 Å². The highest BCUT2D eigenvalue weighted by atomic mass is 19.1. The first-order valence-electron chi connectivity index (χ1n) is 8.76. The van der Waals surface area contributed by atoms with Crippen LogP contribution in [0.15, 0.2) is 17.1 Å². The molecule has 0 radical (unpaired) electrons. The van der Waals surface area contributed by atoms with Gasteiger partial charge in [-0.15, -0.1) is 0 Å². The second-order valence-corrected chi connectivity index (χ2v) is 7.07. The van der Waals surface area contributed by atoms with Gasteiger partial charge in [0.05, 0.1) is 16.6 Å². The number of fused-ring (bicyclic) bond motifs is 1. The third-order valence-electron chi connectivity index (χ3n) is 5.31. The summed E-state index contributed by atoms with van der Waals surface area (Å²) in [5.41, 5.74) is 0.119. The predicted octanol–water partition coefficient (Wildman–Crippen LogP) is 2.65. The number of carbonyl (C=O) groups excluding carboxylic acids is 1. The number of Topliss-reactive ketones (excluding diaryl/α,β-unsaturated/α-hetero) is 1. The first kappa shape index (κ1) is 16.8. The fraction of sp³-hybridized carbons (Fsp3) is 0.421. The van der Waals surface area contributed by atoms with Crippen molar-refractivity contribution in [2.24, 2.45) is 0 Å². The molecular weight excluding hydrogens is 339 g/mol. The predicted molar refractivity (Wildman–Crippen MR) is 94.6 cm³/mol. The Kier molecular flexibility index (Phi) is 3.82. The average Bonchev–Trinajstić information content (AvgIpc) is 3.43. The molecule has 1 saturated carbocycles. The van der Waals surface area contributed by atoms with E-state index in [4.69, 9.17) is 0 Å². The number of halogens is 1. The molecule has 1 aromatic carbocycles. The van der Waals surface area contributed by atoms with Gasteiger partial charge in [0.15, 0.2) is 0 Å². The number of hydrogen-bond donors (Lipinski definition) is 1. The number of carbonyl (C=O) groups is 2. The van der Waals surface area contributed by atoms with Gasteiger partial charge < -0.3 is 14.6 Å². The van der Waals surface area contributed by atoms with E-state index in [0.29, 0.717) is 37.1 Å². The van der Waals surface area contributed by atoms with Crippen molar-refractivity contribution < 1.29 is 19.1 Å². The molecule has 2 aliphatic rings. The Labute approximate surface area is 148 Å². The van der Waals surface area contributed by atoms with Gasteiger partial charge in [0.25, 0.3) is 0 Å². The monoisotopic (exact) mass is 358 g/mol. The first-order chi connectivity index (χ1) is 12.4. The van der Waals surface area contributed by atoms with E-state index in [0.717, 1.165) is 12.8 Å². The van der Waals surface area contributed by atoms with Crippen LogP contribution in [0.5, 0.6) is 0 Å². The van der Waals surface area contributed by atoms with Gasteiger partial charge in [-0.3, -0.25) is 9.59 Å². The van der Waals surface area contributed by atoms with Crippen molar-refractivity contribution in [2.45, 2.75) is 38.6 Å². The van der Waals surface area contributed by atoms with Gasteiger partial charge in [0.2, 0.25) is 5.43 Å². The fourth-order valence-electron chi connectivity index (χ4n) is 3.69. The first-order valence-corrected chi connectivity index (χ1v) is 8.76. The number of ketones is 1. The number of anilines is 1. The summed E-state index contributed by atoms with van der Waals surface area (Å²) >= 11 is 0. The molecule has 136 valence electrons. The van der Waals surface area contributed by atoms with Crippen molar-refractivity contribution in [3.8, 4) is 0 Å². The van der Waals surface area contributed by atoms with Gasteiger partial charge in [-0.2, -0.15) is 0 Å². The number of carboxylic acid groups (broad SMARTS) is 1. The van der Waals surface area contributed by atoms with Crippen LogP contribution in [-0.4, -0.2) is 34.5 Å². The maximum atomic E-state index is 15.1. The SMILES string of the molecule is Cc1c(F)c(N2CCC(=O)CC2)cc2c1c(=O)c(C(=O)O)cn2C1CC1. The van der Waals surface area contributed by atoms with E-state index < -0.39 is 17.2 Å². The van der Waals surface area contributed by atoms with Gasteiger partial charge in [0, 0.05) is 43.7 Å². The smallest absolute Gasteiger partial charge is 0.341 e. The lowest BCUT2D eigenvalue weighted by atomic mass is 10.0. The number of benzene rings is 1. The Balaban J connectivity index is 1.98. The van der Waals surface area contributed by atoms with Crippen molar-refractivity contribution in [3.05, 3.63) is 39.4 Å². The van der Waals surface area contributed by atoms with E-state index in [2.05, 4.69) is 0 Å². The minimum Gasteiger partial charge on any atom is -0.477 e. The Hall–Kier alpha value is -2.70. The highest BCUT2D eigenvalue weighted by Crippen LogP contribution is 2.39. The summed E-state index contributed by atoms with van der Waals surface area (Å²) in [5.74, 6) is -1.65. The minimum absolute atomic E-state index is 0.131. The topological polar surface area (TPSA) is 79.6 Å². The molecule has 0 bridgehead atoms. The lowest BCUT2D eigenvalue weighted by Crippen LogP contribution is -2.34. The molecule has 1 N–H and O–H groups in total. The van der Waals surface area contributed by atoms with Crippen molar-refractivity contribution in [3.63, 3.8) is 0 Å². The van der Waals surface area contributed by atoms with Gasteiger partial charge in [-0.1, -0.05) is 0 Å². The van der Waals surface area contributed by atoms with Crippen LogP contribution in [0.4, 0.5) is 10.1 Å². The van der Waals surface area contributed by atoms with Gasteiger partial charge >= 0.3 is 5.97 Å². The van der Waals surface area contributed by atoms with Crippen LogP contribution in [0.2, 0.25) is 0 Å². The summed E-state index contributed by atoms with van der Waals surface area (Å²) in [6.07, 6.45) is 3.95. The van der Waals surface area contributed by atoms with Gasteiger partial charge in [0.1, 0.15) is 17.2 Å². The molecule has 1 aliphatic carbocycles. The van der Waals surface area contributed by atoms with Crippen LogP contribution < -0.4 is 10.3 Å². The zero-order chi connectivity index (χ0) is 18.6. The minimum atomic E-state index is -1.30. The number of aromatic nitrogens is 1. The number of hydrogen-bond acceptors (Lipinski definition) is 4. The van der Waals surface area contributed by atoms with Crippen LogP contribution in [0, 0.1) is 12.7 Å². The van der Waals surface area contributed by atoms with E-state index >= 15 is 4.39 Å². The zero-order valence-corrected chi connectivity index (χ0v) is 14.4. The van der Waals surface area contributed by atoms with Gasteiger partial charge in [-0.05, 0) is 25.8 Å². The van der Waals surface area contributed by atoms with Crippen molar-refractivity contribution >= 4 is 28.3 Å². The maximum Gasteiger partial charge on any atom is 0.341 e. The Bertz CT molecular complexity index is 997. The molecule has 0 atom stereocenters. The third-order valence-corrected chi connectivity index (χ3v) is 5.31. The molecule has 26 heavy (non-hydrogen) atoms. The van der Waals surface area contributed by atoms with Crippen LogP contribution >= 0.6 is 0 Å². The molecule has 7 heteroatoms. The largest absolute Gasteiger partial charge is 0.477 e. The van der Waals surface area contributed by atoms with E-state index in [1.807, 2.05) is 4.90 Å². The summed E-state index contributed by atoms with van der Waals surface area (Å²) in [6.45, 7) is 2.41. The molecule has 2 heterocycles. The van der Waals surface area contributed by atoms with Crippen LogP contribution in [0.3, 0.4) is 0 Å². The standard InChI is InChI=1S/C19H19FN2O4/c1-10-16-14(8-15(17(10)20)21-6-4-12(23)5-7-21)22(11-2-3-11)9-13(18(16)24)19(25)26/h8-9,11H,2-7H2,1H3,(H,25,26). The van der Waals surface area contributed by atoms with Crippen molar-refractivity contribution in [1.82, 2.24) is 4.57 Å². The number of pyridine rings is 1. The lowest BCUT2D eigenvalue weighted by Gasteiger charge is -2.29. The molecule has 1 saturated heterocycles.